The lowest BCUT2D eigenvalue weighted by atomic mass is 10.1. The molecule has 0 saturated carbocycles. The molecule has 0 aromatic carbocycles. The first-order valence-corrected chi connectivity index (χ1v) is 6.06. The topological polar surface area (TPSA) is 61.4 Å². The molecule has 1 aliphatic rings. The van der Waals surface area contributed by atoms with Crippen molar-refractivity contribution in [3.8, 4) is 0 Å². The highest BCUT2D eigenvalue weighted by Gasteiger charge is 2.43. The van der Waals surface area contributed by atoms with Gasteiger partial charge in [-0.15, -0.1) is 12.4 Å². The number of amides is 2. The Kier molecular flexibility index (Phi) is 7.21. The minimum atomic E-state index is -2.84. The van der Waals surface area contributed by atoms with Gasteiger partial charge >= 0.3 is 0 Å². The molecule has 0 aliphatic carbocycles. The number of nitrogens with one attached hydrogen (secondary N) is 2. The Morgan fingerprint density at radius 3 is 2.47 bits per heavy atom. The van der Waals surface area contributed by atoms with Crippen LogP contribution in [0.25, 0.3) is 0 Å². The van der Waals surface area contributed by atoms with E-state index in [9.17, 15) is 18.4 Å². The zero-order valence-electron chi connectivity index (χ0n) is 11.0. The summed E-state index contributed by atoms with van der Waals surface area (Å²) in [6, 6.07) is -0.894. The summed E-state index contributed by atoms with van der Waals surface area (Å²) in [5.41, 5.74) is 0. The second kappa shape index (κ2) is 7.59. The quantitative estimate of drug-likeness (QED) is 0.772. The van der Waals surface area contributed by atoms with Gasteiger partial charge in [0.2, 0.25) is 11.8 Å². The molecule has 0 radical (unpaired) electrons. The monoisotopic (exact) mass is 299 g/mol. The van der Waals surface area contributed by atoms with E-state index in [1.54, 1.807) is 13.8 Å². The average Bonchev–Trinajstić information content (AvgIpc) is 2.66. The fraction of sp³-hybridized carbons (Fsp3) is 0.818. The normalized spacial score (nSPS) is 20.5. The third-order valence-corrected chi connectivity index (χ3v) is 2.81. The van der Waals surface area contributed by atoms with Gasteiger partial charge in [0.1, 0.15) is 0 Å². The van der Waals surface area contributed by atoms with Crippen molar-refractivity contribution in [2.24, 2.45) is 0 Å². The van der Waals surface area contributed by atoms with Crippen LogP contribution in [0.2, 0.25) is 0 Å². The lowest BCUT2D eigenvalue weighted by Crippen LogP contribution is -2.47. The van der Waals surface area contributed by atoms with Crippen molar-refractivity contribution in [3.63, 3.8) is 0 Å². The average molecular weight is 300 g/mol. The predicted octanol–water partition coefficient (Wildman–Crippen LogP) is 0.390. The summed E-state index contributed by atoms with van der Waals surface area (Å²) in [5.74, 6) is -3.57. The zero-order valence-corrected chi connectivity index (χ0v) is 11.9. The number of alkyl halides is 2. The van der Waals surface area contributed by atoms with Gasteiger partial charge in [0.05, 0.1) is 19.1 Å². The van der Waals surface area contributed by atoms with Gasteiger partial charge in [-0.1, -0.05) is 0 Å². The number of carbonyl (C=O) groups excluding carboxylic acids is 2. The third-order valence-electron chi connectivity index (χ3n) is 2.81. The van der Waals surface area contributed by atoms with Gasteiger partial charge in [0.25, 0.3) is 5.92 Å². The maximum absolute atomic E-state index is 13.0. The van der Waals surface area contributed by atoms with Crippen LogP contribution in [0.5, 0.6) is 0 Å². The molecule has 1 unspecified atom stereocenters. The van der Waals surface area contributed by atoms with Crippen LogP contribution in [-0.4, -0.2) is 54.9 Å². The smallest absolute Gasteiger partial charge is 0.262 e. The Balaban J connectivity index is 0.00000324. The van der Waals surface area contributed by atoms with E-state index in [1.165, 1.54) is 4.90 Å². The van der Waals surface area contributed by atoms with Crippen molar-refractivity contribution < 1.29 is 18.4 Å². The van der Waals surface area contributed by atoms with E-state index in [2.05, 4.69) is 10.6 Å². The summed E-state index contributed by atoms with van der Waals surface area (Å²) >= 11 is 0. The molecular formula is C11H20ClF2N3O2. The Hall–Kier alpha value is -0.950. The minimum absolute atomic E-state index is 0. The van der Waals surface area contributed by atoms with Crippen molar-refractivity contribution in [1.82, 2.24) is 15.5 Å². The molecule has 2 amide bonds. The van der Waals surface area contributed by atoms with Gasteiger partial charge in [-0.2, -0.15) is 0 Å². The van der Waals surface area contributed by atoms with Crippen LogP contribution in [0, 0.1) is 0 Å². The molecular weight excluding hydrogens is 280 g/mol. The highest BCUT2D eigenvalue weighted by atomic mass is 35.5. The number of hydrogen-bond acceptors (Lipinski definition) is 3. The van der Waals surface area contributed by atoms with Crippen molar-refractivity contribution >= 4 is 24.2 Å². The SMILES string of the molecule is CCNC(=O)CN(CC)C(=O)C1CC(F)(F)CN1.Cl. The van der Waals surface area contributed by atoms with E-state index < -0.39 is 30.8 Å². The molecule has 8 heteroatoms. The zero-order chi connectivity index (χ0) is 13.8. The molecule has 1 heterocycles. The maximum atomic E-state index is 13.0. The van der Waals surface area contributed by atoms with Gasteiger partial charge in [-0.25, -0.2) is 8.78 Å². The summed E-state index contributed by atoms with van der Waals surface area (Å²) in [5, 5.41) is 5.06. The fourth-order valence-corrected chi connectivity index (χ4v) is 1.88. The van der Waals surface area contributed by atoms with E-state index in [0.717, 1.165) is 0 Å². The summed E-state index contributed by atoms with van der Waals surface area (Å²) in [7, 11) is 0. The summed E-state index contributed by atoms with van der Waals surface area (Å²) < 4.78 is 26.0. The van der Waals surface area contributed by atoms with Crippen LogP contribution in [-0.2, 0) is 9.59 Å². The Bertz CT molecular complexity index is 329. The molecule has 112 valence electrons. The second-order valence-corrected chi connectivity index (χ2v) is 4.30. The summed E-state index contributed by atoms with van der Waals surface area (Å²) in [6.07, 6.45) is -0.502. The van der Waals surface area contributed by atoms with Crippen molar-refractivity contribution in [3.05, 3.63) is 0 Å². The Morgan fingerprint density at radius 1 is 1.42 bits per heavy atom. The van der Waals surface area contributed by atoms with Crippen LogP contribution in [0.1, 0.15) is 20.3 Å². The number of carbonyl (C=O) groups is 2. The highest BCUT2D eigenvalue weighted by Crippen LogP contribution is 2.25. The molecule has 1 fully saturated rings. The van der Waals surface area contributed by atoms with Crippen LogP contribution in [0.3, 0.4) is 0 Å². The van der Waals surface area contributed by atoms with E-state index in [-0.39, 0.29) is 24.9 Å². The molecule has 5 nitrogen and oxygen atoms in total. The van der Waals surface area contributed by atoms with Crippen molar-refractivity contribution in [2.75, 3.05) is 26.2 Å². The maximum Gasteiger partial charge on any atom is 0.262 e. The fourth-order valence-electron chi connectivity index (χ4n) is 1.88. The molecule has 1 atom stereocenters. The lowest BCUT2D eigenvalue weighted by molar-refractivity contribution is -0.137. The van der Waals surface area contributed by atoms with Crippen molar-refractivity contribution in [2.45, 2.75) is 32.2 Å². The van der Waals surface area contributed by atoms with Crippen LogP contribution in [0.15, 0.2) is 0 Å². The molecule has 0 spiro atoms. The summed E-state index contributed by atoms with van der Waals surface area (Å²) in [4.78, 5) is 24.6. The third kappa shape index (κ3) is 5.28. The number of rotatable bonds is 5. The van der Waals surface area contributed by atoms with E-state index >= 15 is 0 Å². The predicted molar refractivity (Wildman–Crippen MR) is 69.5 cm³/mol. The molecule has 1 saturated heterocycles. The first kappa shape index (κ1) is 18.0. The molecule has 0 aromatic rings. The number of hydrogen-bond donors (Lipinski definition) is 2. The van der Waals surface area contributed by atoms with Gasteiger partial charge in [-0.3, -0.25) is 14.9 Å². The highest BCUT2D eigenvalue weighted by molar-refractivity contribution is 5.87. The lowest BCUT2D eigenvalue weighted by Gasteiger charge is -2.23. The van der Waals surface area contributed by atoms with Gasteiger partial charge in [0, 0.05) is 19.5 Å². The van der Waals surface area contributed by atoms with Crippen LogP contribution >= 0.6 is 12.4 Å². The molecule has 19 heavy (non-hydrogen) atoms. The molecule has 2 N–H and O–H groups in total. The van der Waals surface area contributed by atoms with E-state index in [0.29, 0.717) is 13.1 Å². The van der Waals surface area contributed by atoms with E-state index in [1.807, 2.05) is 0 Å². The largest absolute Gasteiger partial charge is 0.355 e. The van der Waals surface area contributed by atoms with Gasteiger partial charge in [-0.05, 0) is 13.8 Å². The number of halogens is 3. The second-order valence-electron chi connectivity index (χ2n) is 4.30. The molecule has 0 bridgehead atoms. The van der Waals surface area contributed by atoms with Gasteiger partial charge < -0.3 is 10.2 Å². The first-order valence-electron chi connectivity index (χ1n) is 6.06. The first-order chi connectivity index (χ1) is 8.39. The van der Waals surface area contributed by atoms with Gasteiger partial charge in [0.15, 0.2) is 0 Å². The number of likely N-dealkylation sites (N-methyl/N-ethyl adjacent to an activating group) is 2. The molecule has 1 aliphatic heterocycles. The number of nitrogens with zero attached hydrogens (tertiary/aromatic N) is 1. The molecule has 0 aromatic heterocycles. The Labute approximate surface area is 117 Å². The van der Waals surface area contributed by atoms with E-state index in [4.69, 9.17) is 0 Å². The van der Waals surface area contributed by atoms with Crippen LogP contribution < -0.4 is 10.6 Å². The van der Waals surface area contributed by atoms with Crippen molar-refractivity contribution in [1.29, 1.82) is 0 Å². The standard InChI is InChI=1S/C11H19F2N3O2.ClH/c1-3-14-9(17)6-16(4-2)10(18)8-5-11(12,13)7-15-8;/h8,15H,3-7H2,1-2H3,(H,14,17);1H. The minimum Gasteiger partial charge on any atom is -0.355 e. The Morgan fingerprint density at radius 2 is 2.05 bits per heavy atom. The summed E-state index contributed by atoms with van der Waals surface area (Å²) in [6.45, 7) is 3.71. The molecule has 1 rings (SSSR count). The van der Waals surface area contributed by atoms with Crippen LogP contribution in [0.4, 0.5) is 8.78 Å².